The van der Waals surface area contributed by atoms with Crippen LogP contribution in [-0.4, -0.2) is 56.1 Å². The molecule has 0 bridgehead atoms. The van der Waals surface area contributed by atoms with Gasteiger partial charge in [-0.2, -0.15) is 0 Å². The maximum absolute atomic E-state index is 15.1. The Hall–Kier alpha value is -1.64. The highest BCUT2D eigenvalue weighted by Crippen LogP contribution is 2.37. The van der Waals surface area contributed by atoms with Crippen LogP contribution in [0.25, 0.3) is 0 Å². The molecule has 2 fully saturated rings. The Labute approximate surface area is 201 Å². The first-order valence-electron chi connectivity index (χ1n) is 11.4. The van der Waals surface area contributed by atoms with Gasteiger partial charge >= 0.3 is 7.12 Å². The number of rotatable bonds is 6. The molecule has 4 rings (SSSR count). The lowest BCUT2D eigenvalue weighted by atomic mass is 9.74. The minimum Gasteiger partial charge on any atom is -0.497 e. The second-order valence-electron chi connectivity index (χ2n) is 9.82. The number of hydrogen-bond acceptors (Lipinski definition) is 5. The zero-order valence-electron chi connectivity index (χ0n) is 20.0. The lowest BCUT2D eigenvalue weighted by Gasteiger charge is -2.33. The van der Waals surface area contributed by atoms with Crippen molar-refractivity contribution in [2.75, 3.05) is 26.8 Å². The Kier molecular flexibility index (Phi) is 7.09. The van der Waals surface area contributed by atoms with E-state index in [1.54, 1.807) is 13.2 Å². The molecule has 178 valence electrons. The Balaban J connectivity index is 1.50. The predicted octanol–water partition coefficient (Wildman–Crippen LogP) is 4.23. The highest BCUT2D eigenvalue weighted by atomic mass is 35.5. The van der Waals surface area contributed by atoms with Gasteiger partial charge in [0.1, 0.15) is 11.6 Å². The summed E-state index contributed by atoms with van der Waals surface area (Å²) in [5.74, 6) is 0.482. The number of hydrogen-bond donors (Lipinski definition) is 0. The quantitative estimate of drug-likeness (QED) is 0.585. The van der Waals surface area contributed by atoms with Crippen LogP contribution in [0, 0.1) is 5.82 Å². The molecule has 2 aliphatic rings. The molecule has 0 saturated carbocycles. The van der Waals surface area contributed by atoms with E-state index in [4.69, 9.17) is 30.4 Å². The highest BCUT2D eigenvalue weighted by molar-refractivity contribution is 6.63. The average molecular weight is 476 g/mol. The molecule has 0 N–H and O–H groups in total. The second-order valence-corrected chi connectivity index (χ2v) is 10.3. The number of benzene rings is 2. The number of halogens is 2. The first kappa shape index (κ1) is 24.5. The molecule has 1 atom stereocenters. The summed E-state index contributed by atoms with van der Waals surface area (Å²) in [5, 5.41) is 0.326. The molecule has 0 aromatic heterocycles. The van der Waals surface area contributed by atoms with Gasteiger partial charge in [0.2, 0.25) is 0 Å². The number of ether oxygens (including phenoxy) is 2. The third kappa shape index (κ3) is 5.38. The van der Waals surface area contributed by atoms with Crippen LogP contribution in [0.5, 0.6) is 5.75 Å². The van der Waals surface area contributed by atoms with Crippen molar-refractivity contribution in [1.29, 1.82) is 0 Å². The van der Waals surface area contributed by atoms with Crippen molar-refractivity contribution in [1.82, 2.24) is 4.90 Å². The van der Waals surface area contributed by atoms with Crippen molar-refractivity contribution >= 4 is 24.2 Å². The molecule has 1 unspecified atom stereocenters. The zero-order chi connectivity index (χ0) is 23.8. The van der Waals surface area contributed by atoms with Crippen LogP contribution in [0.15, 0.2) is 36.4 Å². The molecular weight excluding hydrogens is 444 g/mol. The third-order valence-corrected chi connectivity index (χ3v) is 7.14. The van der Waals surface area contributed by atoms with E-state index in [2.05, 4.69) is 17.0 Å². The van der Waals surface area contributed by atoms with Crippen LogP contribution in [0.4, 0.5) is 4.39 Å². The van der Waals surface area contributed by atoms with Gasteiger partial charge in [-0.3, -0.25) is 4.90 Å². The maximum Gasteiger partial charge on any atom is 0.495 e. The van der Waals surface area contributed by atoms with Gasteiger partial charge in [-0.25, -0.2) is 4.39 Å². The van der Waals surface area contributed by atoms with Gasteiger partial charge in [-0.05, 0) is 68.6 Å². The molecule has 0 radical (unpaired) electrons. The van der Waals surface area contributed by atoms with Gasteiger partial charge in [0.25, 0.3) is 0 Å². The standard InChI is InChI=1S/C25H32BClFNO4/c1-24(2)25(3,4)33-26(32-24)22-12-18(27)13-23(28)21(22)14-20-16-29(10-11-31-20)15-17-6-8-19(30-5)9-7-17/h6-9,12-13,20H,10-11,14-16H2,1-5H3. The van der Waals surface area contributed by atoms with Gasteiger partial charge in [0.05, 0.1) is 31.0 Å². The van der Waals surface area contributed by atoms with Crippen LogP contribution >= 0.6 is 11.6 Å². The number of methoxy groups -OCH3 is 1. The Morgan fingerprint density at radius 3 is 2.42 bits per heavy atom. The summed E-state index contributed by atoms with van der Waals surface area (Å²) >= 11 is 6.22. The molecular formula is C25H32BClFNO4. The van der Waals surface area contributed by atoms with Crippen LogP contribution < -0.4 is 10.2 Å². The molecule has 5 nitrogen and oxygen atoms in total. The van der Waals surface area contributed by atoms with E-state index in [9.17, 15) is 0 Å². The maximum atomic E-state index is 15.1. The molecule has 8 heteroatoms. The SMILES string of the molecule is COc1ccc(CN2CCOC(Cc3c(F)cc(Cl)cc3B3OC(C)(C)C(C)(C)O3)C2)cc1. The van der Waals surface area contributed by atoms with E-state index >= 15 is 4.39 Å². The zero-order valence-corrected chi connectivity index (χ0v) is 20.7. The van der Waals surface area contributed by atoms with E-state index in [1.807, 2.05) is 39.8 Å². The van der Waals surface area contributed by atoms with Crippen molar-refractivity contribution in [2.45, 2.75) is 58.0 Å². The molecule has 2 aromatic rings. The summed E-state index contributed by atoms with van der Waals surface area (Å²) in [6, 6.07) is 11.2. The highest BCUT2D eigenvalue weighted by Gasteiger charge is 2.52. The largest absolute Gasteiger partial charge is 0.497 e. The van der Waals surface area contributed by atoms with Crippen LogP contribution in [0.1, 0.15) is 38.8 Å². The lowest BCUT2D eigenvalue weighted by molar-refractivity contribution is -0.0307. The first-order valence-corrected chi connectivity index (χ1v) is 11.8. The van der Waals surface area contributed by atoms with Gasteiger partial charge in [0, 0.05) is 31.1 Å². The minimum absolute atomic E-state index is 0.145. The lowest BCUT2D eigenvalue weighted by Crippen LogP contribution is -2.45. The molecule has 2 aromatic carbocycles. The molecule has 2 heterocycles. The van der Waals surface area contributed by atoms with Crippen LogP contribution in [0.2, 0.25) is 5.02 Å². The average Bonchev–Trinajstić information content (AvgIpc) is 2.97. The number of nitrogens with zero attached hydrogens (tertiary/aromatic N) is 1. The van der Waals surface area contributed by atoms with E-state index in [-0.39, 0.29) is 11.9 Å². The van der Waals surface area contributed by atoms with Crippen LogP contribution in [0.3, 0.4) is 0 Å². The van der Waals surface area contributed by atoms with Crippen molar-refractivity contribution in [2.24, 2.45) is 0 Å². The van der Waals surface area contributed by atoms with Gasteiger partial charge < -0.3 is 18.8 Å². The fourth-order valence-electron chi connectivity index (χ4n) is 4.28. The molecule has 2 aliphatic heterocycles. The summed E-state index contributed by atoms with van der Waals surface area (Å²) in [5.41, 5.74) is 1.32. The minimum atomic E-state index is -0.683. The summed E-state index contributed by atoms with van der Waals surface area (Å²) in [7, 11) is 0.979. The van der Waals surface area contributed by atoms with E-state index in [0.717, 1.165) is 18.8 Å². The number of morpholine rings is 1. The summed E-state index contributed by atoms with van der Waals surface area (Å²) in [6.07, 6.45) is 0.274. The van der Waals surface area contributed by atoms with E-state index in [0.29, 0.717) is 35.6 Å². The van der Waals surface area contributed by atoms with Crippen molar-refractivity contribution in [3.05, 3.63) is 58.4 Å². The molecule has 0 spiro atoms. The smallest absolute Gasteiger partial charge is 0.495 e. The predicted molar refractivity (Wildman–Crippen MR) is 129 cm³/mol. The summed E-state index contributed by atoms with van der Waals surface area (Å²) in [6.45, 7) is 10.9. The Morgan fingerprint density at radius 2 is 1.79 bits per heavy atom. The van der Waals surface area contributed by atoms with Crippen LogP contribution in [-0.2, 0) is 27.0 Å². The topological polar surface area (TPSA) is 40.2 Å². The van der Waals surface area contributed by atoms with Gasteiger partial charge in [-0.15, -0.1) is 0 Å². The Morgan fingerprint density at radius 1 is 1.12 bits per heavy atom. The van der Waals surface area contributed by atoms with Gasteiger partial charge in [-0.1, -0.05) is 23.7 Å². The second kappa shape index (κ2) is 9.55. The Bertz CT molecular complexity index is 969. The third-order valence-electron chi connectivity index (χ3n) is 6.92. The van der Waals surface area contributed by atoms with Crippen molar-refractivity contribution < 1.29 is 23.2 Å². The van der Waals surface area contributed by atoms with Crippen molar-refractivity contribution in [3.63, 3.8) is 0 Å². The molecule has 33 heavy (non-hydrogen) atoms. The summed E-state index contributed by atoms with van der Waals surface area (Å²) in [4.78, 5) is 2.33. The molecule has 0 aliphatic carbocycles. The van der Waals surface area contributed by atoms with E-state index in [1.165, 1.54) is 11.6 Å². The van der Waals surface area contributed by atoms with Gasteiger partial charge in [0.15, 0.2) is 0 Å². The fourth-order valence-corrected chi connectivity index (χ4v) is 4.50. The molecule has 2 saturated heterocycles. The normalized spacial score (nSPS) is 22.5. The van der Waals surface area contributed by atoms with E-state index < -0.39 is 18.3 Å². The fraction of sp³-hybridized carbons (Fsp3) is 0.520. The first-order chi connectivity index (χ1) is 15.6. The van der Waals surface area contributed by atoms with Crippen molar-refractivity contribution in [3.8, 4) is 5.75 Å². The molecule has 0 amide bonds. The monoisotopic (exact) mass is 475 g/mol. The summed E-state index contributed by atoms with van der Waals surface area (Å²) < 4.78 is 38.8.